The SMILES string of the molecule is CCCCOC(=O)/C(Br)=C(\C(=O)OCCCC)C(C)C. The fourth-order valence-electron chi connectivity index (χ4n) is 1.45. The number of hydrogen-bond donors (Lipinski definition) is 0. The van der Waals surface area contributed by atoms with E-state index in [2.05, 4.69) is 15.9 Å². The molecule has 20 heavy (non-hydrogen) atoms. The zero-order chi connectivity index (χ0) is 15.5. The highest BCUT2D eigenvalue weighted by molar-refractivity contribution is 9.12. The van der Waals surface area contributed by atoms with Crippen LogP contribution in [0.1, 0.15) is 53.4 Å². The largest absolute Gasteiger partial charge is 0.462 e. The standard InChI is InChI=1S/C15H25BrO4/c1-5-7-9-19-14(17)12(11(3)4)13(16)15(18)20-10-8-6-2/h11H,5-10H2,1-4H3/b13-12+. The molecule has 0 aliphatic heterocycles. The van der Waals surface area contributed by atoms with Gasteiger partial charge >= 0.3 is 11.9 Å². The van der Waals surface area contributed by atoms with E-state index in [9.17, 15) is 9.59 Å². The average molecular weight is 349 g/mol. The molecule has 0 aromatic carbocycles. The molecule has 5 heteroatoms. The summed E-state index contributed by atoms with van der Waals surface area (Å²) in [5.41, 5.74) is 0.336. The average Bonchev–Trinajstić information content (AvgIpc) is 2.38. The Labute approximate surface area is 130 Å². The van der Waals surface area contributed by atoms with Crippen LogP contribution in [0, 0.1) is 5.92 Å². The molecule has 0 aromatic rings. The first-order valence-electron chi connectivity index (χ1n) is 7.19. The van der Waals surface area contributed by atoms with E-state index in [0.717, 1.165) is 25.7 Å². The Morgan fingerprint density at radius 1 is 0.950 bits per heavy atom. The van der Waals surface area contributed by atoms with Gasteiger partial charge in [0, 0.05) is 0 Å². The maximum atomic E-state index is 12.0. The summed E-state index contributed by atoms with van der Waals surface area (Å²) >= 11 is 3.18. The monoisotopic (exact) mass is 348 g/mol. The van der Waals surface area contributed by atoms with Gasteiger partial charge in [0.05, 0.1) is 18.8 Å². The van der Waals surface area contributed by atoms with Gasteiger partial charge in [-0.3, -0.25) is 0 Å². The van der Waals surface area contributed by atoms with Crippen molar-refractivity contribution < 1.29 is 19.1 Å². The van der Waals surface area contributed by atoms with E-state index in [1.54, 1.807) is 0 Å². The van der Waals surface area contributed by atoms with Gasteiger partial charge in [-0.05, 0) is 34.7 Å². The highest BCUT2D eigenvalue weighted by atomic mass is 79.9. The summed E-state index contributed by atoms with van der Waals surface area (Å²) in [5.74, 6) is -1.07. The van der Waals surface area contributed by atoms with Crippen LogP contribution in [0.2, 0.25) is 0 Å². The molecule has 4 nitrogen and oxygen atoms in total. The van der Waals surface area contributed by atoms with Crippen LogP contribution in [-0.2, 0) is 19.1 Å². The zero-order valence-electron chi connectivity index (χ0n) is 12.8. The molecule has 0 radical (unpaired) electrons. The summed E-state index contributed by atoms with van der Waals surface area (Å²) in [5, 5.41) is 0. The van der Waals surface area contributed by atoms with Crippen LogP contribution < -0.4 is 0 Å². The van der Waals surface area contributed by atoms with Crippen molar-refractivity contribution in [2.75, 3.05) is 13.2 Å². The lowest BCUT2D eigenvalue weighted by Crippen LogP contribution is -2.18. The second-order valence-corrected chi connectivity index (χ2v) is 5.65. The predicted octanol–water partition coefficient (Wildman–Crippen LogP) is 3.98. The number of ether oxygens (including phenoxy) is 2. The van der Waals surface area contributed by atoms with E-state index in [0.29, 0.717) is 18.8 Å². The van der Waals surface area contributed by atoms with Crippen molar-refractivity contribution in [1.82, 2.24) is 0 Å². The minimum Gasteiger partial charge on any atom is -0.462 e. The fraction of sp³-hybridized carbons (Fsp3) is 0.733. The van der Waals surface area contributed by atoms with E-state index >= 15 is 0 Å². The van der Waals surface area contributed by atoms with Crippen molar-refractivity contribution in [3.05, 3.63) is 10.1 Å². The number of unbranched alkanes of at least 4 members (excludes halogenated alkanes) is 2. The van der Waals surface area contributed by atoms with Crippen molar-refractivity contribution in [2.45, 2.75) is 53.4 Å². The van der Waals surface area contributed by atoms with E-state index in [1.807, 2.05) is 27.7 Å². The third-order valence-corrected chi connectivity index (χ3v) is 3.43. The molecule has 0 atom stereocenters. The Balaban J connectivity index is 4.79. The maximum Gasteiger partial charge on any atom is 0.345 e. The Morgan fingerprint density at radius 2 is 1.40 bits per heavy atom. The second-order valence-electron chi connectivity index (χ2n) is 4.86. The summed E-state index contributed by atoms with van der Waals surface area (Å²) in [7, 11) is 0. The molecular formula is C15H25BrO4. The summed E-state index contributed by atoms with van der Waals surface area (Å²) in [6.07, 6.45) is 3.53. The van der Waals surface area contributed by atoms with Gasteiger partial charge < -0.3 is 9.47 Å². The van der Waals surface area contributed by atoms with Crippen molar-refractivity contribution in [3.8, 4) is 0 Å². The highest BCUT2D eigenvalue weighted by Gasteiger charge is 2.24. The Hall–Kier alpha value is -0.840. The third-order valence-electron chi connectivity index (χ3n) is 2.68. The van der Waals surface area contributed by atoms with Gasteiger partial charge in [-0.1, -0.05) is 40.5 Å². The van der Waals surface area contributed by atoms with E-state index in [1.165, 1.54) is 0 Å². The van der Waals surface area contributed by atoms with Crippen LogP contribution in [0.25, 0.3) is 0 Å². The number of hydrogen-bond acceptors (Lipinski definition) is 4. The van der Waals surface area contributed by atoms with E-state index < -0.39 is 11.9 Å². The molecule has 0 amide bonds. The number of halogens is 1. The molecule has 0 aliphatic rings. The van der Waals surface area contributed by atoms with Gasteiger partial charge in [0.15, 0.2) is 0 Å². The lowest BCUT2D eigenvalue weighted by molar-refractivity contribution is -0.142. The highest BCUT2D eigenvalue weighted by Crippen LogP contribution is 2.23. The van der Waals surface area contributed by atoms with Crippen molar-refractivity contribution in [2.24, 2.45) is 5.92 Å². The molecule has 0 saturated heterocycles. The van der Waals surface area contributed by atoms with Crippen LogP contribution in [-0.4, -0.2) is 25.2 Å². The number of esters is 2. The van der Waals surface area contributed by atoms with Crippen LogP contribution in [0.15, 0.2) is 10.1 Å². The lowest BCUT2D eigenvalue weighted by atomic mass is 10.0. The first-order chi connectivity index (χ1) is 9.45. The van der Waals surface area contributed by atoms with Gasteiger partial charge in [-0.15, -0.1) is 0 Å². The summed E-state index contributed by atoms with van der Waals surface area (Å²) in [6, 6.07) is 0. The van der Waals surface area contributed by atoms with Crippen molar-refractivity contribution >= 4 is 27.9 Å². The smallest absolute Gasteiger partial charge is 0.345 e. The van der Waals surface area contributed by atoms with Gasteiger partial charge in [0.1, 0.15) is 4.48 Å². The van der Waals surface area contributed by atoms with Gasteiger partial charge in [-0.25, -0.2) is 9.59 Å². The minimum atomic E-state index is -0.505. The molecule has 0 N–H and O–H groups in total. The Bertz CT molecular complexity index is 348. The summed E-state index contributed by atoms with van der Waals surface area (Å²) in [4.78, 5) is 23.9. The van der Waals surface area contributed by atoms with Crippen LogP contribution in [0.4, 0.5) is 0 Å². The first-order valence-corrected chi connectivity index (χ1v) is 7.98. The number of carbonyl (C=O) groups excluding carboxylic acids is 2. The quantitative estimate of drug-likeness (QED) is 0.359. The van der Waals surface area contributed by atoms with Gasteiger partial charge in [0.25, 0.3) is 0 Å². The third kappa shape index (κ3) is 7.08. The topological polar surface area (TPSA) is 52.6 Å². The maximum absolute atomic E-state index is 12.0. The molecule has 0 saturated carbocycles. The normalized spacial score (nSPS) is 12.1. The van der Waals surface area contributed by atoms with Gasteiger partial charge in [0.2, 0.25) is 0 Å². The van der Waals surface area contributed by atoms with Crippen LogP contribution >= 0.6 is 15.9 Å². The second kappa shape index (κ2) is 10.9. The molecule has 0 unspecified atom stereocenters. The minimum absolute atomic E-state index is 0.114. The number of rotatable bonds is 9. The van der Waals surface area contributed by atoms with Crippen LogP contribution in [0.3, 0.4) is 0 Å². The zero-order valence-corrected chi connectivity index (χ0v) is 14.4. The number of carbonyl (C=O) groups is 2. The van der Waals surface area contributed by atoms with Crippen molar-refractivity contribution in [3.63, 3.8) is 0 Å². The molecular weight excluding hydrogens is 324 g/mol. The first kappa shape index (κ1) is 19.2. The fourth-order valence-corrected chi connectivity index (χ4v) is 2.18. The molecule has 0 bridgehead atoms. The summed E-state index contributed by atoms with van der Waals surface area (Å²) in [6.45, 7) is 8.46. The molecule has 0 aromatic heterocycles. The predicted molar refractivity (Wildman–Crippen MR) is 82.5 cm³/mol. The Morgan fingerprint density at radius 3 is 1.80 bits per heavy atom. The van der Waals surface area contributed by atoms with Gasteiger partial charge in [-0.2, -0.15) is 0 Å². The molecule has 0 rings (SSSR count). The van der Waals surface area contributed by atoms with E-state index in [4.69, 9.17) is 9.47 Å². The van der Waals surface area contributed by atoms with Crippen molar-refractivity contribution in [1.29, 1.82) is 0 Å². The molecule has 0 aliphatic carbocycles. The van der Waals surface area contributed by atoms with E-state index in [-0.39, 0.29) is 10.4 Å². The molecule has 0 heterocycles. The molecule has 0 fully saturated rings. The Kier molecular flexibility index (Phi) is 10.4. The molecule has 0 spiro atoms. The summed E-state index contributed by atoms with van der Waals surface area (Å²) < 4.78 is 10.4. The van der Waals surface area contributed by atoms with Crippen LogP contribution in [0.5, 0.6) is 0 Å². The lowest BCUT2D eigenvalue weighted by Gasteiger charge is -2.13. The molecule has 116 valence electrons.